The van der Waals surface area contributed by atoms with Gasteiger partial charge in [-0.1, -0.05) is 91.9 Å². The third kappa shape index (κ3) is 4.61. The molecule has 0 saturated carbocycles. The second-order valence-electron chi connectivity index (χ2n) is 14.1. The van der Waals surface area contributed by atoms with E-state index in [-0.39, 0.29) is 36.0 Å². The molecule has 4 atom stereocenters. The van der Waals surface area contributed by atoms with Gasteiger partial charge in [-0.3, -0.25) is 14.5 Å². The second kappa shape index (κ2) is 11.7. The van der Waals surface area contributed by atoms with Gasteiger partial charge in [-0.2, -0.15) is 0 Å². The van der Waals surface area contributed by atoms with Crippen molar-refractivity contribution < 1.29 is 24.2 Å². The molecule has 8 rings (SSSR count). The van der Waals surface area contributed by atoms with E-state index >= 15 is 0 Å². The third-order valence-electron chi connectivity index (χ3n) is 11.2. The Morgan fingerprint density at radius 1 is 0.857 bits per heavy atom. The number of ether oxygens (including phenoxy) is 2. The largest absolute Gasteiger partial charge is 0.497 e. The summed E-state index contributed by atoms with van der Waals surface area (Å²) >= 11 is 0. The SMILES string of the molecule is COc1ccc([Si](C)(C)[C@@H]2[C@@H](CCO)O[C@]3(C(=O)N(Cc4ccc(N5C(=O)c6cccc7cccc5c67)cc4)c4ccccc43)[C@H]2C)cc1. The quantitative estimate of drug-likeness (QED) is 0.176. The van der Waals surface area contributed by atoms with Crippen molar-refractivity contribution in [3.8, 4) is 5.75 Å². The van der Waals surface area contributed by atoms with Gasteiger partial charge in [-0.25, -0.2) is 0 Å². The Morgan fingerprint density at radius 3 is 2.27 bits per heavy atom. The Labute approximate surface area is 287 Å². The highest BCUT2D eigenvalue weighted by molar-refractivity contribution is 6.91. The van der Waals surface area contributed by atoms with Crippen molar-refractivity contribution in [1.82, 2.24) is 0 Å². The maximum absolute atomic E-state index is 14.9. The van der Waals surface area contributed by atoms with Gasteiger partial charge in [0.25, 0.3) is 11.8 Å². The monoisotopic (exact) mass is 668 g/mol. The number of rotatable bonds is 8. The molecule has 3 aliphatic rings. The zero-order valence-electron chi connectivity index (χ0n) is 28.2. The van der Waals surface area contributed by atoms with Crippen molar-refractivity contribution in [3.63, 3.8) is 0 Å². The van der Waals surface area contributed by atoms with E-state index in [2.05, 4.69) is 32.2 Å². The summed E-state index contributed by atoms with van der Waals surface area (Å²) in [5.74, 6) is 0.586. The van der Waals surface area contributed by atoms with Crippen LogP contribution in [0.5, 0.6) is 5.75 Å². The number of carbonyl (C=O) groups is 2. The first kappa shape index (κ1) is 31.5. The molecule has 5 aromatic rings. The number of para-hydroxylation sites is 1. The highest BCUT2D eigenvalue weighted by atomic mass is 28.3. The summed E-state index contributed by atoms with van der Waals surface area (Å²) in [5.41, 5.74) is 4.01. The van der Waals surface area contributed by atoms with E-state index in [0.717, 1.165) is 44.7 Å². The molecular weight excluding hydrogens is 629 g/mol. The van der Waals surface area contributed by atoms with Gasteiger partial charge >= 0.3 is 0 Å². The lowest BCUT2D eigenvalue weighted by molar-refractivity contribution is -0.146. The lowest BCUT2D eigenvalue weighted by atomic mass is 9.82. The molecule has 0 bridgehead atoms. The number of amides is 2. The third-order valence-corrected chi connectivity index (χ3v) is 15.6. The van der Waals surface area contributed by atoms with Gasteiger partial charge in [-0.05, 0) is 65.4 Å². The zero-order valence-corrected chi connectivity index (χ0v) is 29.2. The van der Waals surface area contributed by atoms with E-state index < -0.39 is 13.7 Å². The lowest BCUT2D eigenvalue weighted by Gasteiger charge is -2.37. The van der Waals surface area contributed by atoms with Crippen molar-refractivity contribution in [1.29, 1.82) is 0 Å². The molecule has 0 aliphatic carbocycles. The number of methoxy groups -OCH3 is 1. The van der Waals surface area contributed by atoms with Crippen LogP contribution in [0, 0.1) is 5.92 Å². The normalized spacial score (nSPS) is 22.8. The van der Waals surface area contributed by atoms with Crippen LogP contribution in [0.3, 0.4) is 0 Å². The molecule has 5 aromatic carbocycles. The minimum atomic E-state index is -2.25. The highest BCUT2D eigenvalue weighted by Gasteiger charge is 2.66. The molecule has 8 heteroatoms. The lowest BCUT2D eigenvalue weighted by Crippen LogP contribution is -2.51. The predicted octanol–water partition coefficient (Wildman–Crippen LogP) is 7.29. The van der Waals surface area contributed by atoms with Gasteiger partial charge in [0.2, 0.25) is 0 Å². The number of aliphatic hydroxyl groups is 1. The van der Waals surface area contributed by atoms with Crippen molar-refractivity contribution in [2.45, 2.75) is 50.2 Å². The summed E-state index contributed by atoms with van der Waals surface area (Å²) in [6.07, 6.45) is 0.194. The van der Waals surface area contributed by atoms with Crippen LogP contribution in [0.4, 0.5) is 17.1 Å². The van der Waals surface area contributed by atoms with E-state index in [9.17, 15) is 14.7 Å². The first-order valence-corrected chi connectivity index (χ1v) is 20.1. The van der Waals surface area contributed by atoms with Crippen molar-refractivity contribution in [3.05, 3.63) is 126 Å². The van der Waals surface area contributed by atoms with Crippen LogP contribution in [0.2, 0.25) is 18.6 Å². The molecule has 248 valence electrons. The summed E-state index contributed by atoms with van der Waals surface area (Å²) < 4.78 is 12.4. The minimum Gasteiger partial charge on any atom is -0.497 e. The number of benzene rings is 5. The Hall–Kier alpha value is -4.76. The van der Waals surface area contributed by atoms with Gasteiger partial charge in [0.1, 0.15) is 5.75 Å². The Morgan fingerprint density at radius 2 is 1.55 bits per heavy atom. The smallest absolute Gasteiger partial charge is 0.264 e. The van der Waals surface area contributed by atoms with Crippen LogP contribution in [0.1, 0.15) is 34.8 Å². The summed E-state index contributed by atoms with van der Waals surface area (Å²) in [5, 5.41) is 13.5. The van der Waals surface area contributed by atoms with Gasteiger partial charge in [0, 0.05) is 29.2 Å². The van der Waals surface area contributed by atoms with E-state index in [1.165, 1.54) is 5.19 Å². The standard InChI is InChI=1S/C41H40N2O5Si/c1-26-38(49(3,4)31-21-19-30(47-2)20-22-31)36(23-24-44)48-41(26)33-12-5-6-13-34(33)42(40(41)46)25-27-15-17-29(18-16-27)43-35-14-8-10-28-9-7-11-32(37(28)35)39(43)45/h5-22,26,36,38,44H,23-25H2,1-4H3/t26-,36+,38-,41+/m0/s1. The molecule has 7 nitrogen and oxygen atoms in total. The van der Waals surface area contributed by atoms with Gasteiger partial charge < -0.3 is 19.5 Å². The number of hydrogen-bond acceptors (Lipinski definition) is 5. The molecule has 0 radical (unpaired) electrons. The second-order valence-corrected chi connectivity index (χ2v) is 18.8. The Balaban J connectivity index is 1.11. The fraction of sp³-hybridized carbons (Fsp3) is 0.268. The highest BCUT2D eigenvalue weighted by Crippen LogP contribution is 2.60. The Bertz CT molecular complexity index is 2090. The molecule has 1 spiro atoms. The average Bonchev–Trinajstić information content (AvgIpc) is 3.67. The fourth-order valence-electron chi connectivity index (χ4n) is 8.93. The predicted molar refractivity (Wildman–Crippen MR) is 196 cm³/mol. The molecule has 49 heavy (non-hydrogen) atoms. The number of nitrogens with zero attached hydrogens (tertiary/aromatic N) is 2. The van der Waals surface area contributed by atoms with Crippen molar-refractivity contribution >= 4 is 52.9 Å². The molecule has 1 fully saturated rings. The maximum Gasteiger partial charge on any atom is 0.264 e. The summed E-state index contributed by atoms with van der Waals surface area (Å²) in [6, 6.07) is 36.1. The number of fused-ring (bicyclic) bond motifs is 2. The number of hydrogen-bond donors (Lipinski definition) is 1. The topological polar surface area (TPSA) is 79.3 Å². The minimum absolute atomic E-state index is 0.0118. The van der Waals surface area contributed by atoms with Gasteiger partial charge in [0.05, 0.1) is 44.8 Å². The summed E-state index contributed by atoms with van der Waals surface area (Å²) in [4.78, 5) is 32.0. The molecule has 1 N–H and O–H groups in total. The van der Waals surface area contributed by atoms with Crippen LogP contribution in [0.25, 0.3) is 10.8 Å². The molecule has 0 aromatic heterocycles. The molecular formula is C41H40N2O5Si. The summed E-state index contributed by atoms with van der Waals surface area (Å²) in [6.45, 7) is 7.21. The number of anilines is 3. The summed E-state index contributed by atoms with van der Waals surface area (Å²) in [7, 11) is -0.577. The first-order valence-electron chi connectivity index (χ1n) is 17.0. The van der Waals surface area contributed by atoms with Crippen LogP contribution >= 0.6 is 0 Å². The molecule has 1 saturated heterocycles. The van der Waals surface area contributed by atoms with Crippen LogP contribution in [0.15, 0.2) is 109 Å². The first-order chi connectivity index (χ1) is 23.7. The van der Waals surface area contributed by atoms with Crippen molar-refractivity contribution in [2.75, 3.05) is 23.5 Å². The average molecular weight is 669 g/mol. The fourth-order valence-corrected chi connectivity index (χ4v) is 13.0. The van der Waals surface area contributed by atoms with Crippen LogP contribution < -0.4 is 19.7 Å². The number of aliphatic hydroxyl groups excluding tert-OH is 1. The van der Waals surface area contributed by atoms with E-state index in [1.807, 2.05) is 102 Å². The van der Waals surface area contributed by atoms with Crippen molar-refractivity contribution in [2.24, 2.45) is 5.92 Å². The number of carbonyl (C=O) groups excluding carboxylic acids is 2. The van der Waals surface area contributed by atoms with Gasteiger partial charge in [-0.15, -0.1) is 0 Å². The zero-order chi connectivity index (χ0) is 34.1. The van der Waals surface area contributed by atoms with E-state index in [0.29, 0.717) is 18.5 Å². The molecule has 3 aliphatic heterocycles. The maximum atomic E-state index is 14.9. The Kier molecular flexibility index (Phi) is 7.51. The van der Waals surface area contributed by atoms with Gasteiger partial charge in [0.15, 0.2) is 5.60 Å². The molecule has 2 amide bonds. The van der Waals surface area contributed by atoms with Crippen LogP contribution in [-0.4, -0.2) is 44.8 Å². The van der Waals surface area contributed by atoms with E-state index in [1.54, 1.807) is 12.0 Å². The van der Waals surface area contributed by atoms with Crippen LogP contribution in [-0.2, 0) is 21.7 Å². The molecule has 0 unspecified atom stereocenters. The molecule has 3 heterocycles. The van der Waals surface area contributed by atoms with E-state index in [4.69, 9.17) is 9.47 Å².